The molecule has 1 aromatic rings. The van der Waals surface area contributed by atoms with Gasteiger partial charge in [-0.15, -0.1) is 0 Å². The van der Waals surface area contributed by atoms with Gasteiger partial charge in [0.1, 0.15) is 0 Å². The van der Waals surface area contributed by atoms with Gasteiger partial charge in [-0.25, -0.2) is 4.79 Å². The highest BCUT2D eigenvalue weighted by Crippen LogP contribution is 2.24. The van der Waals surface area contributed by atoms with Crippen molar-refractivity contribution in [1.29, 1.82) is 0 Å². The number of likely N-dealkylation sites (tertiary alicyclic amines) is 1. The third-order valence-corrected chi connectivity index (χ3v) is 4.96. The first-order valence-corrected chi connectivity index (χ1v) is 9.37. The van der Waals surface area contributed by atoms with E-state index in [1.807, 2.05) is 20.5 Å². The number of carbonyl (C=O) groups excluding carboxylic acids is 2. The molecule has 7 heteroatoms. The highest BCUT2D eigenvalue weighted by molar-refractivity contribution is 5.76. The molecule has 0 radical (unpaired) electrons. The fourth-order valence-electron chi connectivity index (χ4n) is 3.65. The zero-order valence-electron chi connectivity index (χ0n) is 15.3. The quantitative estimate of drug-likeness (QED) is 0.886. The Labute approximate surface area is 149 Å². The number of hydrogen-bond acceptors (Lipinski definition) is 3. The summed E-state index contributed by atoms with van der Waals surface area (Å²) in [6, 6.07) is 2.13. The Kier molecular flexibility index (Phi) is 5.60. The topological polar surface area (TPSA) is 70.5 Å². The Morgan fingerprint density at radius 1 is 1.28 bits per heavy atom. The molecule has 2 aliphatic rings. The van der Waals surface area contributed by atoms with Gasteiger partial charge in [0.05, 0.1) is 18.3 Å². The molecule has 2 aliphatic heterocycles. The lowest BCUT2D eigenvalue weighted by Gasteiger charge is -2.34. The van der Waals surface area contributed by atoms with E-state index in [1.54, 1.807) is 6.20 Å². The summed E-state index contributed by atoms with van der Waals surface area (Å²) in [5, 5.41) is 7.44. The second kappa shape index (κ2) is 7.89. The van der Waals surface area contributed by atoms with E-state index in [0.29, 0.717) is 32.0 Å². The predicted octanol–water partition coefficient (Wildman–Crippen LogP) is 2.01. The third-order valence-electron chi connectivity index (χ3n) is 4.96. The van der Waals surface area contributed by atoms with E-state index in [4.69, 9.17) is 0 Å². The minimum absolute atomic E-state index is 0.0294. The summed E-state index contributed by atoms with van der Waals surface area (Å²) in [5.41, 5.74) is 1.07. The number of hydrogen-bond donors (Lipinski definition) is 1. The van der Waals surface area contributed by atoms with E-state index in [-0.39, 0.29) is 18.0 Å². The van der Waals surface area contributed by atoms with Crippen molar-refractivity contribution in [3.05, 3.63) is 18.0 Å². The number of aromatic nitrogens is 2. The summed E-state index contributed by atoms with van der Waals surface area (Å²) < 4.78 is 2.02. The molecule has 138 valence electrons. The number of amides is 3. The van der Waals surface area contributed by atoms with Crippen LogP contribution < -0.4 is 5.32 Å². The molecule has 0 spiro atoms. The third kappa shape index (κ3) is 4.32. The summed E-state index contributed by atoms with van der Waals surface area (Å²) in [7, 11) is 0. The van der Waals surface area contributed by atoms with Crippen molar-refractivity contribution in [2.24, 2.45) is 5.92 Å². The highest BCUT2D eigenvalue weighted by atomic mass is 16.2. The van der Waals surface area contributed by atoms with E-state index in [0.717, 1.165) is 38.0 Å². The summed E-state index contributed by atoms with van der Waals surface area (Å²) in [6.07, 6.45) is 5.34. The number of nitrogens with one attached hydrogen (secondary N) is 1. The molecule has 3 amide bonds. The van der Waals surface area contributed by atoms with E-state index in [1.165, 1.54) is 0 Å². The van der Waals surface area contributed by atoms with Crippen LogP contribution in [0.3, 0.4) is 0 Å². The molecule has 1 N–H and O–H groups in total. The zero-order valence-corrected chi connectivity index (χ0v) is 15.3. The molecule has 0 unspecified atom stereocenters. The number of nitrogens with zero attached hydrogens (tertiary/aromatic N) is 4. The van der Waals surface area contributed by atoms with Crippen molar-refractivity contribution in [3.63, 3.8) is 0 Å². The molecule has 1 fully saturated rings. The maximum Gasteiger partial charge on any atom is 0.317 e. The average Bonchev–Trinajstić information content (AvgIpc) is 3.25. The van der Waals surface area contributed by atoms with Gasteiger partial charge in [0, 0.05) is 38.8 Å². The van der Waals surface area contributed by atoms with Crippen molar-refractivity contribution >= 4 is 11.9 Å². The lowest BCUT2D eigenvalue weighted by Crippen LogP contribution is -2.43. The van der Waals surface area contributed by atoms with Crippen LogP contribution in [0, 0.1) is 5.92 Å². The van der Waals surface area contributed by atoms with Crippen LogP contribution in [-0.2, 0) is 11.3 Å². The van der Waals surface area contributed by atoms with Crippen LogP contribution in [0.25, 0.3) is 0 Å². The van der Waals surface area contributed by atoms with E-state index >= 15 is 0 Å². The van der Waals surface area contributed by atoms with Gasteiger partial charge in [0.15, 0.2) is 0 Å². The number of carbonyl (C=O) groups is 2. The molecule has 1 saturated heterocycles. The first-order chi connectivity index (χ1) is 12.0. The molecule has 0 aromatic carbocycles. The van der Waals surface area contributed by atoms with Gasteiger partial charge in [-0.1, -0.05) is 13.8 Å². The first-order valence-electron chi connectivity index (χ1n) is 9.37. The molecule has 3 rings (SSSR count). The van der Waals surface area contributed by atoms with Crippen LogP contribution >= 0.6 is 0 Å². The molecule has 1 atom stereocenters. The normalized spacial score (nSPS) is 20.0. The predicted molar refractivity (Wildman–Crippen MR) is 95.0 cm³/mol. The van der Waals surface area contributed by atoms with Crippen LogP contribution in [0.2, 0.25) is 0 Å². The van der Waals surface area contributed by atoms with E-state index in [2.05, 4.69) is 24.3 Å². The van der Waals surface area contributed by atoms with Crippen LogP contribution in [0.1, 0.15) is 51.3 Å². The number of fused-ring (bicyclic) bond motifs is 1. The van der Waals surface area contributed by atoms with Crippen LogP contribution in [0.5, 0.6) is 0 Å². The maximum absolute atomic E-state index is 12.5. The molecule has 1 aromatic heterocycles. The van der Waals surface area contributed by atoms with Crippen molar-refractivity contribution in [2.75, 3.05) is 26.2 Å². The molecule has 3 heterocycles. The van der Waals surface area contributed by atoms with Gasteiger partial charge < -0.3 is 15.1 Å². The largest absolute Gasteiger partial charge is 0.338 e. The molecular weight excluding hydrogens is 318 g/mol. The molecule has 25 heavy (non-hydrogen) atoms. The van der Waals surface area contributed by atoms with Gasteiger partial charge in [-0.2, -0.15) is 5.10 Å². The first kappa shape index (κ1) is 17.8. The van der Waals surface area contributed by atoms with Gasteiger partial charge in [-0.3, -0.25) is 9.48 Å². The van der Waals surface area contributed by atoms with Crippen molar-refractivity contribution in [3.8, 4) is 0 Å². The monoisotopic (exact) mass is 347 g/mol. The van der Waals surface area contributed by atoms with Gasteiger partial charge >= 0.3 is 6.03 Å². The maximum atomic E-state index is 12.5. The second-order valence-corrected chi connectivity index (χ2v) is 7.51. The Balaban J connectivity index is 1.56. The van der Waals surface area contributed by atoms with Crippen molar-refractivity contribution < 1.29 is 9.59 Å². The average molecular weight is 347 g/mol. The molecule has 0 aliphatic carbocycles. The lowest BCUT2D eigenvalue weighted by atomic mass is 10.1. The summed E-state index contributed by atoms with van der Waals surface area (Å²) in [5.74, 6) is 0.561. The number of urea groups is 1. The summed E-state index contributed by atoms with van der Waals surface area (Å²) in [4.78, 5) is 28.4. The second-order valence-electron chi connectivity index (χ2n) is 7.51. The van der Waals surface area contributed by atoms with Gasteiger partial charge in [0.25, 0.3) is 0 Å². The van der Waals surface area contributed by atoms with E-state index < -0.39 is 0 Å². The SMILES string of the molecule is CC(C)CC(=O)N1Cc2ccnn2[C@@H](CCNC(=O)N2CCCC2)C1. The smallest absolute Gasteiger partial charge is 0.317 e. The Bertz CT molecular complexity index is 606. The minimum atomic E-state index is 0.0294. The van der Waals surface area contributed by atoms with Gasteiger partial charge in [-0.05, 0) is 31.2 Å². The molecule has 7 nitrogen and oxygen atoms in total. The van der Waals surface area contributed by atoms with Crippen LogP contribution in [0.4, 0.5) is 4.79 Å². The Morgan fingerprint density at radius 3 is 2.76 bits per heavy atom. The number of rotatable bonds is 5. The summed E-state index contributed by atoms with van der Waals surface area (Å²) in [6.45, 7) is 7.74. The van der Waals surface area contributed by atoms with Crippen molar-refractivity contribution in [2.45, 2.75) is 52.1 Å². The Hall–Kier alpha value is -2.05. The van der Waals surface area contributed by atoms with Gasteiger partial charge in [0.2, 0.25) is 5.91 Å². The standard InChI is InChI=1S/C18H29N5O2/c1-14(2)11-17(24)22-12-15(23-16(13-22)6-8-20-23)5-7-19-18(25)21-9-3-4-10-21/h6,8,14-15H,3-5,7,9-13H2,1-2H3,(H,19,25)/t15-/m0/s1. The summed E-state index contributed by atoms with van der Waals surface area (Å²) >= 11 is 0. The van der Waals surface area contributed by atoms with Crippen LogP contribution in [-0.4, -0.2) is 57.7 Å². The Morgan fingerprint density at radius 2 is 2.04 bits per heavy atom. The molecule has 0 saturated carbocycles. The molecule has 0 bridgehead atoms. The fraction of sp³-hybridized carbons (Fsp3) is 0.722. The zero-order chi connectivity index (χ0) is 17.8. The minimum Gasteiger partial charge on any atom is -0.338 e. The highest BCUT2D eigenvalue weighted by Gasteiger charge is 2.28. The fourth-order valence-corrected chi connectivity index (χ4v) is 3.65. The molecular formula is C18H29N5O2. The van der Waals surface area contributed by atoms with Crippen LogP contribution in [0.15, 0.2) is 12.3 Å². The van der Waals surface area contributed by atoms with Crippen molar-refractivity contribution in [1.82, 2.24) is 24.9 Å². The lowest BCUT2D eigenvalue weighted by molar-refractivity contribution is -0.134. The van der Waals surface area contributed by atoms with E-state index in [9.17, 15) is 9.59 Å².